The van der Waals surface area contributed by atoms with Crippen LogP contribution in [0.1, 0.15) is 38.8 Å². The summed E-state index contributed by atoms with van der Waals surface area (Å²) in [5.41, 5.74) is 1.19. The van der Waals surface area contributed by atoms with E-state index in [1.807, 2.05) is 25.0 Å². The van der Waals surface area contributed by atoms with Crippen LogP contribution < -0.4 is 10.1 Å². The van der Waals surface area contributed by atoms with Gasteiger partial charge in [0.1, 0.15) is 5.75 Å². The molecule has 1 unspecified atom stereocenters. The van der Waals surface area contributed by atoms with Gasteiger partial charge in [0.25, 0.3) is 0 Å². The molecule has 0 aromatic carbocycles. The van der Waals surface area contributed by atoms with Gasteiger partial charge in [0.05, 0.1) is 12.8 Å². The second-order valence-electron chi connectivity index (χ2n) is 4.53. The highest BCUT2D eigenvalue weighted by molar-refractivity contribution is 7.99. The Morgan fingerprint density at radius 1 is 1.39 bits per heavy atom. The first-order valence-corrected chi connectivity index (χ1v) is 7.58. The van der Waals surface area contributed by atoms with E-state index in [0.717, 1.165) is 24.5 Å². The van der Waals surface area contributed by atoms with Crippen molar-refractivity contribution in [3.05, 3.63) is 24.0 Å². The van der Waals surface area contributed by atoms with Gasteiger partial charge in [-0.05, 0) is 30.3 Å². The fourth-order valence-corrected chi connectivity index (χ4v) is 2.50. The number of nitrogens with one attached hydrogen (secondary N) is 1. The predicted molar refractivity (Wildman–Crippen MR) is 79.4 cm³/mol. The number of thioether (sulfide) groups is 1. The van der Waals surface area contributed by atoms with Crippen LogP contribution in [0.2, 0.25) is 0 Å². The lowest BCUT2D eigenvalue weighted by Crippen LogP contribution is -2.19. The number of ether oxygens (including phenoxy) is 1. The average Bonchev–Trinajstić information content (AvgIpc) is 2.37. The largest absolute Gasteiger partial charge is 0.492 e. The van der Waals surface area contributed by atoms with Crippen LogP contribution in [0.3, 0.4) is 0 Å². The maximum Gasteiger partial charge on any atom is 0.137 e. The van der Waals surface area contributed by atoms with Crippen molar-refractivity contribution in [1.29, 1.82) is 0 Å². The third kappa shape index (κ3) is 5.27. The Hall–Kier alpha value is -0.740. The molecule has 3 nitrogen and oxygen atoms in total. The van der Waals surface area contributed by atoms with Crippen LogP contribution in [0, 0.1) is 0 Å². The van der Waals surface area contributed by atoms with E-state index in [0.29, 0.717) is 11.3 Å². The van der Waals surface area contributed by atoms with E-state index in [1.54, 1.807) is 6.20 Å². The SMILES string of the molecule is CCCOc1cncc(C(CSC(C)C)NC)c1. The van der Waals surface area contributed by atoms with E-state index in [1.165, 1.54) is 5.56 Å². The van der Waals surface area contributed by atoms with Crippen molar-refractivity contribution < 1.29 is 4.74 Å². The third-order valence-electron chi connectivity index (χ3n) is 2.55. The van der Waals surface area contributed by atoms with E-state index in [2.05, 4.69) is 37.1 Å². The zero-order valence-electron chi connectivity index (χ0n) is 11.8. The first-order valence-electron chi connectivity index (χ1n) is 6.54. The van der Waals surface area contributed by atoms with Gasteiger partial charge in [0.15, 0.2) is 0 Å². The summed E-state index contributed by atoms with van der Waals surface area (Å²) in [6.07, 6.45) is 4.71. The quantitative estimate of drug-likeness (QED) is 0.784. The Morgan fingerprint density at radius 3 is 2.78 bits per heavy atom. The zero-order chi connectivity index (χ0) is 13.4. The number of hydrogen-bond acceptors (Lipinski definition) is 4. The van der Waals surface area contributed by atoms with Crippen LogP contribution in [-0.2, 0) is 0 Å². The lowest BCUT2D eigenvalue weighted by atomic mass is 10.1. The second kappa shape index (κ2) is 8.38. The Bertz CT molecular complexity index is 344. The minimum absolute atomic E-state index is 0.329. The summed E-state index contributed by atoms with van der Waals surface area (Å²) >= 11 is 1.95. The Labute approximate surface area is 115 Å². The molecule has 0 fully saturated rings. The maximum atomic E-state index is 5.62. The van der Waals surface area contributed by atoms with Crippen LogP contribution in [0.15, 0.2) is 18.5 Å². The fourth-order valence-electron chi connectivity index (χ4n) is 1.56. The van der Waals surface area contributed by atoms with Gasteiger partial charge in [-0.2, -0.15) is 11.8 Å². The van der Waals surface area contributed by atoms with Crippen molar-refractivity contribution in [3.63, 3.8) is 0 Å². The Balaban J connectivity index is 2.66. The van der Waals surface area contributed by atoms with Crippen molar-refractivity contribution in [2.24, 2.45) is 0 Å². The monoisotopic (exact) mass is 268 g/mol. The first-order chi connectivity index (χ1) is 8.67. The number of aromatic nitrogens is 1. The van der Waals surface area contributed by atoms with E-state index >= 15 is 0 Å². The van der Waals surface area contributed by atoms with Crippen LogP contribution in [0.5, 0.6) is 5.75 Å². The summed E-state index contributed by atoms with van der Waals surface area (Å²) in [6, 6.07) is 2.42. The normalized spacial score (nSPS) is 12.7. The van der Waals surface area contributed by atoms with Crippen molar-refractivity contribution >= 4 is 11.8 Å². The summed E-state index contributed by atoms with van der Waals surface area (Å²) in [5, 5.41) is 3.99. The molecular formula is C14H24N2OS. The molecule has 0 amide bonds. The smallest absolute Gasteiger partial charge is 0.137 e. The molecule has 0 saturated heterocycles. The van der Waals surface area contributed by atoms with Gasteiger partial charge in [-0.15, -0.1) is 0 Å². The van der Waals surface area contributed by atoms with Crippen LogP contribution in [0.25, 0.3) is 0 Å². The second-order valence-corrected chi connectivity index (χ2v) is 6.14. The molecule has 0 aliphatic carbocycles. The van der Waals surface area contributed by atoms with Gasteiger partial charge < -0.3 is 10.1 Å². The average molecular weight is 268 g/mol. The fraction of sp³-hybridized carbons (Fsp3) is 0.643. The molecule has 102 valence electrons. The molecule has 0 radical (unpaired) electrons. The van der Waals surface area contributed by atoms with Gasteiger partial charge in [0.2, 0.25) is 0 Å². The standard InChI is InChI=1S/C14H24N2OS/c1-5-6-17-13-7-12(8-16-9-13)14(15-4)10-18-11(2)3/h7-9,11,14-15H,5-6,10H2,1-4H3. The topological polar surface area (TPSA) is 34.1 Å². The summed E-state index contributed by atoms with van der Waals surface area (Å²) < 4.78 is 5.62. The van der Waals surface area contributed by atoms with Gasteiger partial charge in [0, 0.05) is 18.0 Å². The molecule has 4 heteroatoms. The summed E-state index contributed by atoms with van der Waals surface area (Å²) in [7, 11) is 1.99. The van der Waals surface area contributed by atoms with E-state index < -0.39 is 0 Å². The molecule has 0 aliphatic rings. The number of nitrogens with zero attached hydrogens (tertiary/aromatic N) is 1. The van der Waals surface area contributed by atoms with Crippen molar-refractivity contribution in [3.8, 4) is 5.75 Å². The zero-order valence-corrected chi connectivity index (χ0v) is 12.6. The van der Waals surface area contributed by atoms with Crippen molar-refractivity contribution in [2.45, 2.75) is 38.5 Å². The molecule has 1 heterocycles. The molecular weight excluding hydrogens is 244 g/mol. The highest BCUT2D eigenvalue weighted by Crippen LogP contribution is 2.23. The molecule has 1 N–H and O–H groups in total. The molecule has 0 spiro atoms. The van der Waals surface area contributed by atoms with Crippen LogP contribution in [-0.4, -0.2) is 29.6 Å². The highest BCUT2D eigenvalue weighted by atomic mass is 32.2. The summed E-state index contributed by atoms with van der Waals surface area (Å²) in [4.78, 5) is 4.26. The maximum absolute atomic E-state index is 5.62. The minimum atomic E-state index is 0.329. The molecule has 0 saturated carbocycles. The van der Waals surface area contributed by atoms with Gasteiger partial charge in [-0.25, -0.2) is 0 Å². The van der Waals surface area contributed by atoms with E-state index in [9.17, 15) is 0 Å². The molecule has 1 atom stereocenters. The van der Waals surface area contributed by atoms with Gasteiger partial charge >= 0.3 is 0 Å². The molecule has 1 aromatic heterocycles. The minimum Gasteiger partial charge on any atom is -0.492 e. The predicted octanol–water partition coefficient (Wildman–Crippen LogP) is 3.27. The van der Waals surface area contributed by atoms with E-state index in [4.69, 9.17) is 4.74 Å². The van der Waals surface area contributed by atoms with Gasteiger partial charge in [-0.3, -0.25) is 4.98 Å². The summed E-state index contributed by atoms with van der Waals surface area (Å²) in [6.45, 7) is 7.29. The Morgan fingerprint density at radius 2 is 2.17 bits per heavy atom. The lowest BCUT2D eigenvalue weighted by Gasteiger charge is -2.18. The van der Waals surface area contributed by atoms with Crippen molar-refractivity contribution in [1.82, 2.24) is 10.3 Å². The van der Waals surface area contributed by atoms with Crippen LogP contribution in [0.4, 0.5) is 0 Å². The number of rotatable bonds is 8. The number of hydrogen-bond donors (Lipinski definition) is 1. The molecule has 18 heavy (non-hydrogen) atoms. The highest BCUT2D eigenvalue weighted by Gasteiger charge is 2.11. The lowest BCUT2D eigenvalue weighted by molar-refractivity contribution is 0.315. The van der Waals surface area contributed by atoms with Crippen molar-refractivity contribution in [2.75, 3.05) is 19.4 Å². The summed E-state index contributed by atoms with van der Waals surface area (Å²) in [5.74, 6) is 1.91. The first kappa shape index (κ1) is 15.3. The van der Waals surface area contributed by atoms with E-state index in [-0.39, 0.29) is 0 Å². The Kier molecular flexibility index (Phi) is 7.13. The third-order valence-corrected chi connectivity index (χ3v) is 3.75. The molecule has 1 aromatic rings. The molecule has 0 bridgehead atoms. The van der Waals surface area contributed by atoms with Gasteiger partial charge in [-0.1, -0.05) is 20.8 Å². The van der Waals surface area contributed by atoms with Crippen LogP contribution >= 0.6 is 11.8 Å². The molecule has 1 rings (SSSR count). The number of pyridine rings is 1. The molecule has 0 aliphatic heterocycles.